The molecule has 2 aliphatic heterocycles. The lowest BCUT2D eigenvalue weighted by molar-refractivity contribution is 0.0681. The molecule has 1 aromatic carbocycles. The van der Waals surface area contributed by atoms with Gasteiger partial charge in [0.25, 0.3) is 5.91 Å². The Hall–Kier alpha value is -1.75. The zero-order valence-electron chi connectivity index (χ0n) is 15.7. The molecule has 2 heterocycles. The van der Waals surface area contributed by atoms with Crippen molar-refractivity contribution in [2.24, 2.45) is 5.92 Å². The maximum Gasteiger partial charge on any atom is 0.253 e. The third-order valence-corrected chi connectivity index (χ3v) is 5.30. The quantitative estimate of drug-likeness (QED) is 0.860. The molecule has 0 aliphatic carbocycles. The van der Waals surface area contributed by atoms with Crippen molar-refractivity contribution < 1.29 is 14.3 Å². The monoisotopic (exact) mass is 346 g/mol. The van der Waals surface area contributed by atoms with Crippen molar-refractivity contribution in [1.29, 1.82) is 0 Å². The van der Waals surface area contributed by atoms with Gasteiger partial charge >= 0.3 is 0 Å². The van der Waals surface area contributed by atoms with E-state index in [2.05, 4.69) is 19.2 Å². The van der Waals surface area contributed by atoms with Gasteiger partial charge in [-0.1, -0.05) is 13.8 Å². The number of carbonyl (C=O) groups excluding carboxylic acids is 1. The lowest BCUT2D eigenvalue weighted by Gasteiger charge is -2.35. The van der Waals surface area contributed by atoms with Crippen LogP contribution in [0.4, 0.5) is 0 Å². The number of rotatable bonds is 6. The molecule has 25 heavy (non-hydrogen) atoms. The minimum Gasteiger partial charge on any atom is -0.493 e. The largest absolute Gasteiger partial charge is 0.493 e. The maximum absolute atomic E-state index is 12.9. The Bertz CT molecular complexity index is 605. The number of ether oxygens (including phenoxy) is 2. The molecular weight excluding hydrogens is 316 g/mol. The second kappa shape index (κ2) is 7.65. The first-order valence-corrected chi connectivity index (χ1v) is 9.32. The molecule has 5 nitrogen and oxygen atoms in total. The summed E-state index contributed by atoms with van der Waals surface area (Å²) in [6.07, 6.45) is 4.56. The lowest BCUT2D eigenvalue weighted by Crippen LogP contribution is -2.48. The van der Waals surface area contributed by atoms with E-state index < -0.39 is 0 Å². The van der Waals surface area contributed by atoms with E-state index in [1.807, 2.05) is 24.1 Å². The highest BCUT2D eigenvalue weighted by Gasteiger charge is 2.36. The molecule has 0 aromatic heterocycles. The molecule has 2 atom stereocenters. The van der Waals surface area contributed by atoms with Crippen molar-refractivity contribution >= 4 is 5.91 Å². The first-order chi connectivity index (χ1) is 12.0. The fraction of sp³-hybridized carbons (Fsp3) is 0.650. The minimum atomic E-state index is 0.0556. The van der Waals surface area contributed by atoms with Crippen LogP contribution in [0.25, 0.3) is 0 Å². The van der Waals surface area contributed by atoms with Crippen LogP contribution >= 0.6 is 0 Å². The van der Waals surface area contributed by atoms with Crippen LogP contribution in [-0.2, 0) is 0 Å². The highest BCUT2D eigenvalue weighted by Crippen LogP contribution is 2.32. The van der Waals surface area contributed by atoms with Crippen LogP contribution in [0.5, 0.6) is 11.5 Å². The Morgan fingerprint density at radius 1 is 1.24 bits per heavy atom. The van der Waals surface area contributed by atoms with Crippen molar-refractivity contribution in [2.75, 3.05) is 20.8 Å². The highest BCUT2D eigenvalue weighted by atomic mass is 16.5. The average molecular weight is 346 g/mol. The molecule has 1 aromatic rings. The molecule has 2 unspecified atom stereocenters. The summed E-state index contributed by atoms with van der Waals surface area (Å²) in [6.45, 7) is 4.83. The van der Waals surface area contributed by atoms with Gasteiger partial charge in [-0.05, 0) is 49.8 Å². The van der Waals surface area contributed by atoms with E-state index in [0.29, 0.717) is 47.7 Å². The van der Waals surface area contributed by atoms with Crippen LogP contribution in [-0.4, -0.2) is 49.7 Å². The van der Waals surface area contributed by atoms with Gasteiger partial charge < -0.3 is 19.7 Å². The fourth-order valence-corrected chi connectivity index (χ4v) is 3.89. The van der Waals surface area contributed by atoms with E-state index in [1.165, 1.54) is 12.8 Å². The predicted molar refractivity (Wildman–Crippen MR) is 98.4 cm³/mol. The number of nitrogens with one attached hydrogen (secondary N) is 1. The molecule has 1 amide bonds. The smallest absolute Gasteiger partial charge is 0.253 e. The van der Waals surface area contributed by atoms with Crippen LogP contribution in [0.2, 0.25) is 0 Å². The number of hydrogen-bond acceptors (Lipinski definition) is 4. The molecular formula is C20H30N2O3. The van der Waals surface area contributed by atoms with Crippen LogP contribution in [0.3, 0.4) is 0 Å². The first kappa shape index (κ1) is 18.1. The molecule has 1 N–H and O–H groups in total. The standard InChI is InChI=1S/C20H30N2O3/c1-13(2)12-25-18-8-5-14(9-19(18)24-4)20(23)22(3)17-10-15-6-7-16(11-17)21-15/h5,8-9,13,15-17,21H,6-7,10-12H2,1-4H3. The Balaban J connectivity index is 1.70. The molecule has 0 radical (unpaired) electrons. The second-order valence-corrected chi connectivity index (χ2v) is 7.75. The Morgan fingerprint density at radius 2 is 1.92 bits per heavy atom. The SMILES string of the molecule is COc1cc(C(=O)N(C)C2CC3CCC(C2)N3)ccc1OCC(C)C. The van der Waals surface area contributed by atoms with Gasteiger partial charge in [0.15, 0.2) is 11.5 Å². The van der Waals surface area contributed by atoms with Crippen molar-refractivity contribution in [3.8, 4) is 11.5 Å². The molecule has 2 saturated heterocycles. The maximum atomic E-state index is 12.9. The number of benzene rings is 1. The fourth-order valence-electron chi connectivity index (χ4n) is 3.89. The van der Waals surface area contributed by atoms with Crippen LogP contribution in [0, 0.1) is 5.92 Å². The summed E-state index contributed by atoms with van der Waals surface area (Å²) in [4.78, 5) is 14.8. The van der Waals surface area contributed by atoms with Crippen molar-refractivity contribution in [3.05, 3.63) is 23.8 Å². The number of nitrogens with zero attached hydrogens (tertiary/aromatic N) is 1. The summed E-state index contributed by atoms with van der Waals surface area (Å²) < 4.78 is 11.2. The number of hydrogen-bond donors (Lipinski definition) is 1. The number of carbonyl (C=O) groups is 1. The first-order valence-electron chi connectivity index (χ1n) is 9.32. The molecule has 3 rings (SSSR count). The summed E-state index contributed by atoms with van der Waals surface area (Å²) in [6, 6.07) is 6.93. The van der Waals surface area contributed by atoms with E-state index in [9.17, 15) is 4.79 Å². The number of fused-ring (bicyclic) bond motifs is 2. The van der Waals surface area contributed by atoms with Gasteiger partial charge in [0.05, 0.1) is 13.7 Å². The predicted octanol–water partition coefficient (Wildman–Crippen LogP) is 3.09. The van der Waals surface area contributed by atoms with E-state index in [-0.39, 0.29) is 5.91 Å². The minimum absolute atomic E-state index is 0.0556. The van der Waals surface area contributed by atoms with E-state index in [1.54, 1.807) is 13.2 Å². The molecule has 2 aliphatic rings. The summed E-state index contributed by atoms with van der Waals surface area (Å²) >= 11 is 0. The van der Waals surface area contributed by atoms with Gasteiger partial charge in [-0.2, -0.15) is 0 Å². The Labute approximate surface area is 150 Å². The third kappa shape index (κ3) is 4.09. The number of amides is 1. The van der Waals surface area contributed by atoms with E-state index in [4.69, 9.17) is 9.47 Å². The van der Waals surface area contributed by atoms with Gasteiger partial charge in [0.1, 0.15) is 0 Å². The molecule has 138 valence electrons. The lowest BCUT2D eigenvalue weighted by atomic mass is 9.98. The summed E-state index contributed by atoms with van der Waals surface area (Å²) in [5, 5.41) is 3.63. The zero-order valence-corrected chi connectivity index (χ0v) is 15.7. The summed E-state index contributed by atoms with van der Waals surface area (Å²) in [5.74, 6) is 1.80. The van der Waals surface area contributed by atoms with E-state index in [0.717, 1.165) is 12.8 Å². The molecule has 0 spiro atoms. The normalized spacial score (nSPS) is 25.1. The molecule has 0 saturated carbocycles. The number of piperidine rings is 1. The van der Waals surface area contributed by atoms with Crippen molar-refractivity contribution in [3.63, 3.8) is 0 Å². The van der Waals surface area contributed by atoms with Crippen LogP contribution < -0.4 is 14.8 Å². The second-order valence-electron chi connectivity index (χ2n) is 7.75. The topological polar surface area (TPSA) is 50.8 Å². The van der Waals surface area contributed by atoms with Crippen LogP contribution in [0.15, 0.2) is 18.2 Å². The molecule has 5 heteroatoms. The van der Waals surface area contributed by atoms with E-state index >= 15 is 0 Å². The third-order valence-electron chi connectivity index (χ3n) is 5.30. The van der Waals surface area contributed by atoms with Gasteiger partial charge in [-0.3, -0.25) is 4.79 Å². The Morgan fingerprint density at radius 3 is 2.52 bits per heavy atom. The number of methoxy groups -OCH3 is 1. The summed E-state index contributed by atoms with van der Waals surface area (Å²) in [7, 11) is 3.54. The van der Waals surface area contributed by atoms with Gasteiger partial charge in [0.2, 0.25) is 0 Å². The molecule has 2 fully saturated rings. The van der Waals surface area contributed by atoms with Crippen molar-refractivity contribution in [1.82, 2.24) is 10.2 Å². The molecule has 2 bridgehead atoms. The highest BCUT2D eigenvalue weighted by molar-refractivity contribution is 5.95. The van der Waals surface area contributed by atoms with Gasteiger partial charge in [-0.25, -0.2) is 0 Å². The Kier molecular flexibility index (Phi) is 5.52. The zero-order chi connectivity index (χ0) is 18.0. The van der Waals surface area contributed by atoms with Gasteiger partial charge in [-0.15, -0.1) is 0 Å². The van der Waals surface area contributed by atoms with Gasteiger partial charge in [0, 0.05) is 30.7 Å². The summed E-state index contributed by atoms with van der Waals surface area (Å²) in [5.41, 5.74) is 0.655. The van der Waals surface area contributed by atoms with Crippen molar-refractivity contribution in [2.45, 2.75) is 57.7 Å². The van der Waals surface area contributed by atoms with Crippen LogP contribution in [0.1, 0.15) is 49.9 Å². The average Bonchev–Trinajstić information content (AvgIpc) is 2.96.